The Bertz CT molecular complexity index is 435. The van der Waals surface area contributed by atoms with Crippen LogP contribution in [0.4, 0.5) is 10.5 Å². The van der Waals surface area contributed by atoms with Crippen molar-refractivity contribution >= 4 is 44.5 Å². The van der Waals surface area contributed by atoms with Crippen molar-refractivity contribution in [1.29, 1.82) is 0 Å². The van der Waals surface area contributed by atoms with Gasteiger partial charge in [0.25, 0.3) is 11.1 Å². The fourth-order valence-electron chi connectivity index (χ4n) is 1.38. The van der Waals surface area contributed by atoms with Gasteiger partial charge in [0.2, 0.25) is 0 Å². The lowest BCUT2D eigenvalue weighted by atomic mass is 10.2. The molecule has 2 rings (SSSR count). The van der Waals surface area contributed by atoms with Crippen LogP contribution in [0, 0.1) is 6.92 Å². The number of halogens is 1. The molecule has 0 radical (unpaired) electrons. The van der Waals surface area contributed by atoms with Crippen LogP contribution in [-0.4, -0.2) is 15.3 Å². The summed E-state index contributed by atoms with van der Waals surface area (Å²) in [5, 5.41) is -0.229. The number of hydrogen-bond donors (Lipinski definition) is 0. The lowest BCUT2D eigenvalue weighted by Gasteiger charge is -2.13. The molecule has 5 heteroatoms. The number of nitrogens with zero attached hydrogens (tertiary/aromatic N) is 1. The molecule has 1 atom stereocenters. The number of carbonyl (C=O) groups excluding carboxylic acids is 2. The highest BCUT2D eigenvalue weighted by Crippen LogP contribution is 2.34. The maximum Gasteiger partial charge on any atom is 0.294 e. The second-order valence-corrected chi connectivity index (χ2v) is 5.79. The minimum atomic E-state index is -0.453. The average molecular weight is 286 g/mol. The van der Waals surface area contributed by atoms with Gasteiger partial charge in [-0.25, -0.2) is 4.90 Å². The van der Waals surface area contributed by atoms with Crippen LogP contribution < -0.4 is 4.90 Å². The molecular formula is C10H8BrNO2S. The zero-order valence-corrected chi connectivity index (χ0v) is 10.3. The van der Waals surface area contributed by atoms with Crippen molar-refractivity contribution in [3.8, 4) is 0 Å². The van der Waals surface area contributed by atoms with Gasteiger partial charge in [0.05, 0.1) is 5.69 Å². The molecule has 0 aliphatic carbocycles. The molecule has 1 aliphatic rings. The summed E-state index contributed by atoms with van der Waals surface area (Å²) < 4.78 is -0.453. The Morgan fingerprint density at radius 1 is 1.40 bits per heavy atom. The van der Waals surface area contributed by atoms with Crippen molar-refractivity contribution in [1.82, 2.24) is 0 Å². The molecule has 0 aromatic heterocycles. The van der Waals surface area contributed by atoms with E-state index >= 15 is 0 Å². The standard InChI is InChI=1S/C10H8BrNO2S/c1-6-3-2-4-7(5-6)12-9(13)8(11)15-10(12)14/h2-5,8H,1H3/t8-/m1/s1. The fourth-order valence-corrected chi connectivity index (χ4v) is 2.75. The van der Waals surface area contributed by atoms with Crippen LogP contribution in [0.3, 0.4) is 0 Å². The van der Waals surface area contributed by atoms with E-state index in [-0.39, 0.29) is 11.1 Å². The smallest absolute Gasteiger partial charge is 0.272 e. The average Bonchev–Trinajstić information content (AvgIpc) is 2.41. The summed E-state index contributed by atoms with van der Waals surface area (Å²) in [4.78, 5) is 24.4. The highest BCUT2D eigenvalue weighted by molar-refractivity contribution is 9.12. The number of anilines is 1. The number of amides is 2. The van der Waals surface area contributed by atoms with Crippen LogP contribution in [-0.2, 0) is 4.79 Å². The highest BCUT2D eigenvalue weighted by Gasteiger charge is 2.38. The van der Waals surface area contributed by atoms with Gasteiger partial charge in [-0.3, -0.25) is 9.59 Å². The van der Waals surface area contributed by atoms with Crippen molar-refractivity contribution in [3.63, 3.8) is 0 Å². The normalized spacial score (nSPS) is 21.2. The van der Waals surface area contributed by atoms with Crippen molar-refractivity contribution < 1.29 is 9.59 Å². The summed E-state index contributed by atoms with van der Waals surface area (Å²) in [7, 11) is 0. The van der Waals surface area contributed by atoms with Crippen molar-refractivity contribution in [2.75, 3.05) is 4.90 Å². The van der Waals surface area contributed by atoms with Crippen molar-refractivity contribution in [2.45, 2.75) is 11.1 Å². The SMILES string of the molecule is Cc1cccc(N2C(=O)S[C@@H](Br)C2=O)c1. The minimum absolute atomic E-state index is 0.212. The van der Waals surface area contributed by atoms with E-state index in [0.29, 0.717) is 5.69 Å². The van der Waals surface area contributed by atoms with Gasteiger partial charge in [-0.1, -0.05) is 28.1 Å². The maximum atomic E-state index is 11.7. The number of carbonyl (C=O) groups is 2. The molecule has 0 spiro atoms. The number of alkyl halides is 1. The summed E-state index contributed by atoms with van der Waals surface area (Å²) in [5.74, 6) is -0.212. The van der Waals surface area contributed by atoms with Gasteiger partial charge in [0.1, 0.15) is 4.16 Å². The molecule has 1 saturated heterocycles. The Hall–Kier alpha value is -0.810. The van der Waals surface area contributed by atoms with E-state index in [1.165, 1.54) is 4.90 Å². The van der Waals surface area contributed by atoms with E-state index in [2.05, 4.69) is 15.9 Å². The zero-order valence-electron chi connectivity index (χ0n) is 7.94. The fraction of sp³-hybridized carbons (Fsp3) is 0.200. The molecule has 1 heterocycles. The van der Waals surface area contributed by atoms with Crippen LogP contribution in [0.2, 0.25) is 0 Å². The molecule has 1 aliphatic heterocycles. The summed E-state index contributed by atoms with van der Waals surface area (Å²) in [6, 6.07) is 7.33. The number of thioether (sulfide) groups is 1. The Kier molecular flexibility index (Phi) is 2.84. The number of benzene rings is 1. The van der Waals surface area contributed by atoms with Gasteiger partial charge >= 0.3 is 0 Å². The van der Waals surface area contributed by atoms with E-state index in [1.54, 1.807) is 6.07 Å². The lowest BCUT2D eigenvalue weighted by molar-refractivity contribution is -0.115. The van der Waals surface area contributed by atoms with Gasteiger partial charge < -0.3 is 0 Å². The summed E-state index contributed by atoms with van der Waals surface area (Å²) >= 11 is 4.14. The summed E-state index contributed by atoms with van der Waals surface area (Å²) in [6.45, 7) is 1.92. The first-order valence-corrected chi connectivity index (χ1v) is 6.14. The van der Waals surface area contributed by atoms with E-state index in [9.17, 15) is 9.59 Å². The molecule has 2 amide bonds. The monoisotopic (exact) mass is 285 g/mol. The Labute approximate surface area is 100.0 Å². The molecule has 0 saturated carbocycles. The maximum absolute atomic E-state index is 11.7. The van der Waals surface area contributed by atoms with Crippen LogP contribution >= 0.6 is 27.7 Å². The summed E-state index contributed by atoms with van der Waals surface area (Å²) in [6.07, 6.45) is 0. The number of rotatable bonds is 1. The molecule has 0 N–H and O–H groups in total. The second-order valence-electron chi connectivity index (χ2n) is 3.21. The zero-order chi connectivity index (χ0) is 11.0. The Morgan fingerprint density at radius 2 is 2.13 bits per heavy atom. The van der Waals surface area contributed by atoms with Crippen LogP contribution in [0.5, 0.6) is 0 Å². The van der Waals surface area contributed by atoms with Gasteiger partial charge in [-0.15, -0.1) is 0 Å². The molecule has 15 heavy (non-hydrogen) atoms. The van der Waals surface area contributed by atoms with E-state index < -0.39 is 4.16 Å². The molecule has 0 bridgehead atoms. The first-order chi connectivity index (χ1) is 7.09. The van der Waals surface area contributed by atoms with Crippen LogP contribution in [0.25, 0.3) is 0 Å². The predicted molar refractivity (Wildman–Crippen MR) is 64.4 cm³/mol. The molecule has 1 aromatic carbocycles. The Balaban J connectivity index is 2.39. The summed E-state index contributed by atoms with van der Waals surface area (Å²) in [5.41, 5.74) is 1.66. The van der Waals surface area contributed by atoms with Crippen molar-refractivity contribution in [3.05, 3.63) is 29.8 Å². The number of aryl methyl sites for hydroxylation is 1. The highest BCUT2D eigenvalue weighted by atomic mass is 79.9. The van der Waals surface area contributed by atoms with Gasteiger partial charge in [-0.2, -0.15) is 0 Å². The lowest BCUT2D eigenvalue weighted by Crippen LogP contribution is -2.29. The number of imide groups is 1. The van der Waals surface area contributed by atoms with E-state index in [1.807, 2.05) is 25.1 Å². The van der Waals surface area contributed by atoms with Crippen LogP contribution in [0.15, 0.2) is 24.3 Å². The number of hydrogen-bond acceptors (Lipinski definition) is 3. The van der Waals surface area contributed by atoms with E-state index in [4.69, 9.17) is 0 Å². The van der Waals surface area contributed by atoms with Gasteiger partial charge in [-0.05, 0) is 36.4 Å². The molecular weight excluding hydrogens is 278 g/mol. The predicted octanol–water partition coefficient (Wildman–Crippen LogP) is 2.92. The van der Waals surface area contributed by atoms with Crippen molar-refractivity contribution in [2.24, 2.45) is 0 Å². The minimum Gasteiger partial charge on any atom is -0.272 e. The topological polar surface area (TPSA) is 37.4 Å². The molecule has 0 unspecified atom stereocenters. The molecule has 78 valence electrons. The van der Waals surface area contributed by atoms with Gasteiger partial charge in [0, 0.05) is 0 Å². The second kappa shape index (κ2) is 3.98. The molecule has 1 aromatic rings. The third-order valence-corrected chi connectivity index (χ3v) is 3.81. The quantitative estimate of drug-likeness (QED) is 0.745. The third-order valence-electron chi connectivity index (χ3n) is 2.06. The first-order valence-electron chi connectivity index (χ1n) is 4.35. The van der Waals surface area contributed by atoms with Crippen LogP contribution in [0.1, 0.15) is 5.56 Å². The Morgan fingerprint density at radius 3 is 2.67 bits per heavy atom. The van der Waals surface area contributed by atoms with Gasteiger partial charge in [0.15, 0.2) is 0 Å². The van der Waals surface area contributed by atoms with E-state index in [0.717, 1.165) is 17.3 Å². The first kappa shape index (κ1) is 10.7. The third kappa shape index (κ3) is 1.94. The molecule has 3 nitrogen and oxygen atoms in total. The molecule has 1 fully saturated rings. The largest absolute Gasteiger partial charge is 0.294 e.